The zero-order valence-corrected chi connectivity index (χ0v) is 9.16. The highest BCUT2D eigenvalue weighted by Gasteiger charge is 2.17. The summed E-state index contributed by atoms with van der Waals surface area (Å²) in [5, 5.41) is 6.08. The molecule has 1 saturated heterocycles. The zero-order valence-electron chi connectivity index (χ0n) is 7.53. The Morgan fingerprint density at radius 1 is 1.79 bits per heavy atom. The lowest BCUT2D eigenvalue weighted by Crippen LogP contribution is -2.50. The summed E-state index contributed by atoms with van der Waals surface area (Å²) >= 11 is 1.36. The van der Waals surface area contributed by atoms with E-state index in [-0.39, 0.29) is 18.3 Å². The molecular weight excluding hydrogens is 222 g/mol. The van der Waals surface area contributed by atoms with Gasteiger partial charge in [-0.3, -0.25) is 9.78 Å². The normalized spacial score (nSPS) is 19.3. The number of hydrogen-bond acceptors (Lipinski definition) is 4. The van der Waals surface area contributed by atoms with Crippen LogP contribution in [0.25, 0.3) is 0 Å². The maximum absolute atomic E-state index is 11.4. The van der Waals surface area contributed by atoms with E-state index in [0.717, 1.165) is 19.5 Å². The van der Waals surface area contributed by atoms with Crippen LogP contribution in [0.3, 0.4) is 0 Å². The number of nitrogens with zero attached hydrogens (tertiary/aromatic N) is 1. The predicted molar refractivity (Wildman–Crippen MR) is 58.1 cm³/mol. The molecule has 1 fully saturated rings. The van der Waals surface area contributed by atoms with Crippen molar-refractivity contribution in [1.82, 2.24) is 15.6 Å². The van der Waals surface area contributed by atoms with Crippen LogP contribution < -0.4 is 10.6 Å². The van der Waals surface area contributed by atoms with E-state index in [2.05, 4.69) is 15.6 Å². The van der Waals surface area contributed by atoms with Gasteiger partial charge in [0.05, 0.1) is 11.7 Å². The molecule has 0 aromatic carbocycles. The summed E-state index contributed by atoms with van der Waals surface area (Å²) in [7, 11) is 0. The third-order valence-electron chi connectivity index (χ3n) is 2.09. The Bertz CT molecular complexity index is 287. The number of carbonyl (C=O) groups excluding carboxylic acids is 1. The number of halogens is 1. The van der Waals surface area contributed by atoms with Gasteiger partial charge in [0.15, 0.2) is 0 Å². The van der Waals surface area contributed by atoms with E-state index >= 15 is 0 Å². The molecule has 0 bridgehead atoms. The maximum atomic E-state index is 11.4. The largest absolute Gasteiger partial charge is 0.350 e. The van der Waals surface area contributed by atoms with Gasteiger partial charge in [-0.1, -0.05) is 0 Å². The number of carbonyl (C=O) groups is 1. The summed E-state index contributed by atoms with van der Waals surface area (Å²) in [5.41, 5.74) is 1.66. The molecule has 1 aliphatic heterocycles. The Balaban J connectivity index is 0.000000980. The van der Waals surface area contributed by atoms with Gasteiger partial charge in [-0.25, -0.2) is 0 Å². The van der Waals surface area contributed by atoms with Crippen molar-refractivity contribution >= 4 is 29.7 Å². The highest BCUT2D eigenvalue weighted by Crippen LogP contribution is 2.05. The van der Waals surface area contributed by atoms with E-state index in [9.17, 15) is 4.79 Å². The van der Waals surface area contributed by atoms with Crippen LogP contribution in [0.5, 0.6) is 0 Å². The second-order valence-electron chi connectivity index (χ2n) is 3.02. The van der Waals surface area contributed by atoms with Gasteiger partial charge in [0.2, 0.25) is 0 Å². The third-order valence-corrected chi connectivity index (χ3v) is 2.86. The van der Waals surface area contributed by atoms with E-state index in [1.54, 1.807) is 11.7 Å². The molecule has 0 spiro atoms. The molecule has 1 aromatic rings. The fourth-order valence-corrected chi connectivity index (χ4v) is 1.69. The van der Waals surface area contributed by atoms with E-state index in [1.807, 2.05) is 0 Å². The molecule has 0 radical (unpaired) electrons. The molecule has 2 rings (SSSR count). The molecule has 2 heterocycles. The number of nitrogens with one attached hydrogen (secondary N) is 2. The molecule has 78 valence electrons. The molecule has 1 amide bonds. The third kappa shape index (κ3) is 2.67. The number of amides is 1. The molecule has 1 aromatic heterocycles. The summed E-state index contributed by atoms with van der Waals surface area (Å²) in [6.45, 7) is 1.79. The van der Waals surface area contributed by atoms with Crippen LogP contribution in [0.4, 0.5) is 0 Å². The summed E-state index contributed by atoms with van der Waals surface area (Å²) in [5.74, 6) is -0.0174. The lowest BCUT2D eigenvalue weighted by molar-refractivity contribution is 0.0949. The van der Waals surface area contributed by atoms with Gasteiger partial charge in [-0.2, -0.15) is 0 Å². The van der Waals surface area contributed by atoms with Crippen LogP contribution in [-0.2, 0) is 0 Å². The second-order valence-corrected chi connectivity index (χ2v) is 3.90. The van der Waals surface area contributed by atoms with Gasteiger partial charge in [-0.05, 0) is 13.0 Å². The molecule has 1 unspecified atom stereocenters. The van der Waals surface area contributed by atoms with Gasteiger partial charge in [-0.15, -0.1) is 23.7 Å². The average molecular weight is 234 g/mol. The number of hydrogen-bond donors (Lipinski definition) is 2. The van der Waals surface area contributed by atoms with E-state index < -0.39 is 0 Å². The molecule has 0 aliphatic carbocycles. The first kappa shape index (κ1) is 11.4. The summed E-state index contributed by atoms with van der Waals surface area (Å²) in [6, 6.07) is 0.469. The van der Waals surface area contributed by atoms with Crippen LogP contribution >= 0.6 is 23.7 Å². The Morgan fingerprint density at radius 2 is 2.57 bits per heavy atom. The topological polar surface area (TPSA) is 54.0 Å². The Morgan fingerprint density at radius 3 is 3.07 bits per heavy atom. The monoisotopic (exact) mass is 233 g/mol. The van der Waals surface area contributed by atoms with Gasteiger partial charge in [0.25, 0.3) is 5.91 Å². The first-order valence-electron chi connectivity index (χ1n) is 4.26. The van der Waals surface area contributed by atoms with Gasteiger partial charge >= 0.3 is 0 Å². The van der Waals surface area contributed by atoms with Crippen molar-refractivity contribution in [2.45, 2.75) is 12.5 Å². The first-order valence-corrected chi connectivity index (χ1v) is 5.14. The highest BCUT2D eigenvalue weighted by molar-refractivity contribution is 7.11. The van der Waals surface area contributed by atoms with Crippen molar-refractivity contribution in [3.63, 3.8) is 0 Å². The maximum Gasteiger partial charge on any atom is 0.263 e. The molecule has 14 heavy (non-hydrogen) atoms. The van der Waals surface area contributed by atoms with Crippen molar-refractivity contribution in [2.75, 3.05) is 13.1 Å². The number of rotatable bonds is 3. The minimum Gasteiger partial charge on any atom is -0.350 e. The minimum absolute atomic E-state index is 0. The zero-order chi connectivity index (χ0) is 9.10. The van der Waals surface area contributed by atoms with Crippen LogP contribution in [-0.4, -0.2) is 30.0 Å². The quantitative estimate of drug-likeness (QED) is 0.807. The summed E-state index contributed by atoms with van der Waals surface area (Å²) < 4.78 is 0. The molecule has 6 heteroatoms. The van der Waals surface area contributed by atoms with Gasteiger partial charge in [0.1, 0.15) is 4.88 Å². The van der Waals surface area contributed by atoms with Crippen molar-refractivity contribution < 1.29 is 4.79 Å². The SMILES string of the molecule is Cl.O=C(NCC1CCN1)c1cncs1. The first-order chi connectivity index (χ1) is 6.36. The standard InChI is InChI=1S/C8H11N3OS.ClH/c12-8(7-4-9-5-13-7)11-3-6-1-2-10-6;/h4-6,10H,1-3H2,(H,11,12);1H. The highest BCUT2D eigenvalue weighted by atomic mass is 35.5. The summed E-state index contributed by atoms with van der Waals surface area (Å²) in [6.07, 6.45) is 2.75. The molecular formula is C8H12ClN3OS. The Hall–Kier alpha value is -0.650. The van der Waals surface area contributed by atoms with E-state index in [4.69, 9.17) is 0 Å². The van der Waals surface area contributed by atoms with Gasteiger partial charge < -0.3 is 10.6 Å². The minimum atomic E-state index is -0.0174. The fraction of sp³-hybridized carbons (Fsp3) is 0.500. The van der Waals surface area contributed by atoms with Crippen LogP contribution in [0.1, 0.15) is 16.1 Å². The van der Waals surface area contributed by atoms with Crippen LogP contribution in [0.15, 0.2) is 11.7 Å². The van der Waals surface area contributed by atoms with Crippen LogP contribution in [0.2, 0.25) is 0 Å². The average Bonchev–Trinajstić information content (AvgIpc) is 2.52. The molecule has 0 saturated carbocycles. The van der Waals surface area contributed by atoms with E-state index in [0.29, 0.717) is 10.9 Å². The van der Waals surface area contributed by atoms with E-state index in [1.165, 1.54) is 11.3 Å². The smallest absolute Gasteiger partial charge is 0.263 e. The molecule has 1 atom stereocenters. The van der Waals surface area contributed by atoms with Crippen molar-refractivity contribution in [3.05, 3.63) is 16.6 Å². The second kappa shape index (κ2) is 5.29. The fourth-order valence-electron chi connectivity index (χ4n) is 1.15. The summed E-state index contributed by atoms with van der Waals surface area (Å²) in [4.78, 5) is 15.9. The molecule has 1 aliphatic rings. The van der Waals surface area contributed by atoms with Crippen molar-refractivity contribution in [1.29, 1.82) is 0 Å². The van der Waals surface area contributed by atoms with Crippen molar-refractivity contribution in [3.8, 4) is 0 Å². The lowest BCUT2D eigenvalue weighted by atomic mass is 10.1. The number of thiazole rings is 1. The Kier molecular flexibility index (Phi) is 4.31. The Labute approximate surface area is 92.5 Å². The van der Waals surface area contributed by atoms with Gasteiger partial charge in [0, 0.05) is 12.6 Å². The van der Waals surface area contributed by atoms with Crippen molar-refractivity contribution in [2.24, 2.45) is 0 Å². The predicted octanol–water partition coefficient (Wildman–Crippen LogP) is 0.657. The number of aromatic nitrogens is 1. The van der Waals surface area contributed by atoms with Crippen LogP contribution in [0, 0.1) is 0 Å². The lowest BCUT2D eigenvalue weighted by Gasteiger charge is -2.27. The molecule has 4 nitrogen and oxygen atoms in total. The molecule has 2 N–H and O–H groups in total.